The number of carbonyl (C=O) groups excluding carboxylic acids is 1. The van der Waals surface area contributed by atoms with Crippen LogP contribution < -0.4 is 11.4 Å². The second kappa shape index (κ2) is 5.90. The molecule has 2 aromatic rings. The van der Waals surface area contributed by atoms with Crippen molar-refractivity contribution in [3.63, 3.8) is 0 Å². The van der Waals surface area contributed by atoms with Crippen LogP contribution in [0.4, 0.5) is 0 Å². The molecule has 9 heteroatoms. The molecule has 1 amide bonds. The van der Waals surface area contributed by atoms with Gasteiger partial charge in [-0.15, -0.1) is 0 Å². The van der Waals surface area contributed by atoms with Gasteiger partial charge in [0.15, 0.2) is 0 Å². The number of nitrogens with two attached hydrogens (primary N) is 1. The molecule has 128 valence electrons. The quantitative estimate of drug-likeness (QED) is 0.713. The largest absolute Gasteiger partial charge is 0.340 e. The number of aryl methyl sites for hydroxylation is 1. The van der Waals surface area contributed by atoms with Gasteiger partial charge in [-0.05, 0) is 25.7 Å². The average molecular weight is 331 g/mol. The van der Waals surface area contributed by atoms with Crippen molar-refractivity contribution in [2.75, 3.05) is 13.1 Å². The molecule has 9 nitrogen and oxygen atoms in total. The molecule has 0 spiro atoms. The van der Waals surface area contributed by atoms with Crippen LogP contribution >= 0.6 is 0 Å². The number of nitrogens with one attached hydrogen (secondary N) is 2. The number of rotatable bonds is 3. The van der Waals surface area contributed by atoms with Crippen LogP contribution in [0, 0.1) is 0 Å². The number of fused-ring (bicyclic) bond motifs is 1. The Morgan fingerprint density at radius 1 is 1.33 bits per heavy atom. The first-order chi connectivity index (χ1) is 11.7. The summed E-state index contributed by atoms with van der Waals surface area (Å²) in [6.45, 7) is 2.38. The molecule has 2 aliphatic rings. The average Bonchev–Trinajstić information content (AvgIpc) is 3.29. The lowest BCUT2D eigenvalue weighted by atomic mass is 9.96. The molecule has 0 aromatic carbocycles. The second-order valence-electron chi connectivity index (χ2n) is 6.45. The van der Waals surface area contributed by atoms with Gasteiger partial charge >= 0.3 is 5.69 Å². The van der Waals surface area contributed by atoms with E-state index in [0.717, 1.165) is 37.9 Å². The highest BCUT2D eigenvalue weighted by atomic mass is 16.2. The first-order valence-electron chi connectivity index (χ1n) is 8.40. The minimum atomic E-state index is -0.312. The van der Waals surface area contributed by atoms with Gasteiger partial charge < -0.3 is 10.6 Å². The van der Waals surface area contributed by atoms with Crippen LogP contribution in [0.2, 0.25) is 0 Å². The molecule has 4 rings (SSSR count). The van der Waals surface area contributed by atoms with Crippen LogP contribution in [-0.4, -0.2) is 48.9 Å². The number of carbonyl (C=O) groups is 1. The molecule has 0 saturated carbocycles. The molecular formula is C15H21N7O2. The minimum Gasteiger partial charge on any atom is -0.338 e. The Morgan fingerprint density at radius 2 is 2.21 bits per heavy atom. The summed E-state index contributed by atoms with van der Waals surface area (Å²) < 4.78 is 1.92. The highest BCUT2D eigenvalue weighted by molar-refractivity contribution is 5.96. The van der Waals surface area contributed by atoms with E-state index in [9.17, 15) is 9.59 Å². The molecule has 4 heterocycles. The number of likely N-dealkylation sites (tertiary alicyclic amines) is 1. The van der Waals surface area contributed by atoms with Crippen molar-refractivity contribution in [3.05, 3.63) is 33.3 Å². The van der Waals surface area contributed by atoms with Gasteiger partial charge in [-0.25, -0.2) is 9.89 Å². The van der Waals surface area contributed by atoms with E-state index in [0.29, 0.717) is 30.2 Å². The smallest absolute Gasteiger partial charge is 0.338 e. The van der Waals surface area contributed by atoms with Gasteiger partial charge in [0.05, 0.1) is 17.0 Å². The number of H-pyrrole nitrogens is 2. The summed E-state index contributed by atoms with van der Waals surface area (Å²) in [5.74, 6) is 0.671. The molecule has 1 atom stereocenters. The molecule has 2 aromatic heterocycles. The second-order valence-corrected chi connectivity index (χ2v) is 6.45. The third kappa shape index (κ3) is 2.44. The van der Waals surface area contributed by atoms with Crippen LogP contribution in [0.3, 0.4) is 0 Å². The summed E-state index contributed by atoms with van der Waals surface area (Å²) in [5, 5.41) is 10.9. The Labute approximate surface area is 138 Å². The van der Waals surface area contributed by atoms with E-state index < -0.39 is 0 Å². The number of aromatic nitrogens is 5. The molecule has 24 heavy (non-hydrogen) atoms. The van der Waals surface area contributed by atoms with Crippen LogP contribution in [0.1, 0.15) is 52.8 Å². The molecule has 0 radical (unpaired) electrons. The van der Waals surface area contributed by atoms with E-state index in [-0.39, 0.29) is 24.1 Å². The Hall–Kier alpha value is -2.42. The van der Waals surface area contributed by atoms with E-state index in [1.165, 1.54) is 0 Å². The van der Waals surface area contributed by atoms with Gasteiger partial charge in [0.2, 0.25) is 0 Å². The highest BCUT2D eigenvalue weighted by Crippen LogP contribution is 2.28. The fraction of sp³-hybridized carbons (Fsp3) is 0.600. The zero-order valence-corrected chi connectivity index (χ0v) is 13.4. The summed E-state index contributed by atoms with van der Waals surface area (Å²) in [5.41, 5.74) is 7.87. The molecule has 0 aliphatic carbocycles. The van der Waals surface area contributed by atoms with Crippen molar-refractivity contribution in [3.8, 4) is 0 Å². The lowest BCUT2D eigenvalue weighted by Gasteiger charge is -2.31. The lowest BCUT2D eigenvalue weighted by Crippen LogP contribution is -2.40. The number of hydrogen-bond donors (Lipinski definition) is 3. The highest BCUT2D eigenvalue weighted by Gasteiger charge is 2.32. The number of nitrogens with zero attached hydrogens (tertiary/aromatic N) is 4. The zero-order chi connectivity index (χ0) is 16.7. The summed E-state index contributed by atoms with van der Waals surface area (Å²) >= 11 is 0. The third-order valence-corrected chi connectivity index (χ3v) is 4.94. The normalized spacial score (nSPS) is 20.4. The molecule has 0 bridgehead atoms. The Balaban J connectivity index is 1.59. The van der Waals surface area contributed by atoms with E-state index in [1.54, 1.807) is 0 Å². The first kappa shape index (κ1) is 15.1. The predicted molar refractivity (Wildman–Crippen MR) is 85.5 cm³/mol. The fourth-order valence-corrected chi connectivity index (χ4v) is 3.80. The maximum absolute atomic E-state index is 13.1. The number of amides is 1. The van der Waals surface area contributed by atoms with Crippen molar-refractivity contribution in [2.45, 2.75) is 44.7 Å². The van der Waals surface area contributed by atoms with Gasteiger partial charge in [-0.1, -0.05) is 0 Å². The van der Waals surface area contributed by atoms with Crippen molar-refractivity contribution < 1.29 is 4.79 Å². The fourth-order valence-electron chi connectivity index (χ4n) is 3.80. The van der Waals surface area contributed by atoms with E-state index in [4.69, 9.17) is 5.73 Å². The lowest BCUT2D eigenvalue weighted by molar-refractivity contribution is 0.0702. The summed E-state index contributed by atoms with van der Waals surface area (Å²) in [6, 6.07) is 0. The Bertz CT molecular complexity index is 818. The zero-order valence-electron chi connectivity index (χ0n) is 13.4. The van der Waals surface area contributed by atoms with Crippen LogP contribution in [0.25, 0.3) is 0 Å². The van der Waals surface area contributed by atoms with Crippen LogP contribution in [-0.2, 0) is 19.5 Å². The first-order valence-corrected chi connectivity index (χ1v) is 8.40. The van der Waals surface area contributed by atoms with Crippen molar-refractivity contribution in [1.82, 2.24) is 29.9 Å². The molecule has 1 saturated heterocycles. The molecule has 4 N–H and O–H groups in total. The Kier molecular flexibility index (Phi) is 3.72. The van der Waals surface area contributed by atoms with Crippen molar-refractivity contribution >= 4 is 5.91 Å². The summed E-state index contributed by atoms with van der Waals surface area (Å²) in [7, 11) is 0. The van der Waals surface area contributed by atoms with Gasteiger partial charge in [-0.2, -0.15) is 10.2 Å². The Morgan fingerprint density at radius 3 is 2.96 bits per heavy atom. The number of piperidine rings is 1. The third-order valence-electron chi connectivity index (χ3n) is 4.94. The SMILES string of the molecule is NCc1nn2c(c1C(=O)N1CCCC(c3n[nH]c(=O)[nH]3)C1)CCC2. The van der Waals surface area contributed by atoms with Crippen LogP contribution in [0.5, 0.6) is 0 Å². The van der Waals surface area contributed by atoms with E-state index in [1.807, 2.05) is 9.58 Å². The minimum absolute atomic E-state index is 0.00110. The standard InChI is InChI=1S/C15H21N7O2/c16-7-10-12(11-4-2-6-22(11)20-10)14(23)21-5-1-3-9(8-21)13-17-15(24)19-18-13/h9H,1-8,16H2,(H2,17,18,19,24). The molecular weight excluding hydrogens is 310 g/mol. The number of aromatic amines is 2. The van der Waals surface area contributed by atoms with Crippen LogP contribution in [0.15, 0.2) is 4.79 Å². The van der Waals surface area contributed by atoms with Crippen molar-refractivity contribution in [1.29, 1.82) is 0 Å². The summed E-state index contributed by atoms with van der Waals surface area (Å²) in [6.07, 6.45) is 3.68. The molecule has 1 fully saturated rings. The van der Waals surface area contributed by atoms with Gasteiger partial charge in [-0.3, -0.25) is 14.5 Å². The van der Waals surface area contributed by atoms with Gasteiger partial charge in [0, 0.05) is 32.1 Å². The van der Waals surface area contributed by atoms with Crippen molar-refractivity contribution in [2.24, 2.45) is 5.73 Å². The maximum Gasteiger partial charge on any atom is 0.340 e. The number of hydrogen-bond acceptors (Lipinski definition) is 5. The maximum atomic E-state index is 13.1. The predicted octanol–water partition coefficient (Wildman–Crippen LogP) is -0.281. The van der Waals surface area contributed by atoms with Gasteiger partial charge in [0.1, 0.15) is 5.82 Å². The van der Waals surface area contributed by atoms with E-state index in [2.05, 4.69) is 20.3 Å². The monoisotopic (exact) mass is 331 g/mol. The topological polar surface area (TPSA) is 126 Å². The summed E-state index contributed by atoms with van der Waals surface area (Å²) in [4.78, 5) is 28.9. The molecule has 1 unspecified atom stereocenters. The van der Waals surface area contributed by atoms with E-state index >= 15 is 0 Å². The molecule has 2 aliphatic heterocycles. The van der Waals surface area contributed by atoms with Gasteiger partial charge in [0.25, 0.3) is 5.91 Å².